The van der Waals surface area contributed by atoms with Crippen LogP contribution in [0.5, 0.6) is 17.2 Å². The number of hydrogen-bond donors (Lipinski definition) is 0. The van der Waals surface area contributed by atoms with Gasteiger partial charge < -0.3 is 14.2 Å². The lowest BCUT2D eigenvalue weighted by atomic mass is 10.0. The van der Waals surface area contributed by atoms with E-state index in [1.807, 2.05) is 12.1 Å². The summed E-state index contributed by atoms with van der Waals surface area (Å²) in [7, 11) is -0.713. The van der Waals surface area contributed by atoms with Gasteiger partial charge in [0.1, 0.15) is 28.2 Å². The van der Waals surface area contributed by atoms with Gasteiger partial charge in [-0.3, -0.25) is 4.98 Å². The molecule has 2 aromatic rings. The number of rotatable bonds is 6. The molecule has 0 amide bonds. The van der Waals surface area contributed by atoms with Gasteiger partial charge in [0.15, 0.2) is 0 Å². The molecule has 2 aliphatic heterocycles. The molecule has 0 unspecified atom stereocenters. The smallest absolute Gasteiger partial charge is 0.247 e. The summed E-state index contributed by atoms with van der Waals surface area (Å²) < 4.78 is 45.3. The topological polar surface area (TPSA) is 78.0 Å². The standard InChI is InChI=1S/C20H24N2O5S/c1-25-17-5-6-19(26-2)20(13-17)28(23,24)22-14-3-4-15(22)12-18(11-14)27-16-7-9-21-10-8-16/h5-10,13-15,18H,3-4,11-12H2,1-2H3/t14-,15-/m0/s1. The fraction of sp³-hybridized carbons (Fsp3) is 0.450. The molecule has 4 rings (SSSR count). The van der Waals surface area contributed by atoms with E-state index in [0.717, 1.165) is 18.6 Å². The highest BCUT2D eigenvalue weighted by molar-refractivity contribution is 7.89. The van der Waals surface area contributed by atoms with Crippen LogP contribution in [0.15, 0.2) is 47.6 Å². The number of fused-ring (bicyclic) bond motifs is 2. The number of benzene rings is 1. The van der Waals surface area contributed by atoms with E-state index in [9.17, 15) is 8.42 Å². The van der Waals surface area contributed by atoms with Crippen molar-refractivity contribution >= 4 is 10.0 Å². The van der Waals surface area contributed by atoms with E-state index in [-0.39, 0.29) is 23.1 Å². The Kier molecular flexibility index (Phi) is 5.16. The largest absolute Gasteiger partial charge is 0.497 e. The van der Waals surface area contributed by atoms with Crippen LogP contribution >= 0.6 is 0 Å². The molecule has 8 heteroatoms. The number of hydrogen-bond acceptors (Lipinski definition) is 6. The number of pyridine rings is 1. The molecule has 2 aliphatic rings. The molecular weight excluding hydrogens is 380 g/mol. The van der Waals surface area contributed by atoms with Gasteiger partial charge in [0.25, 0.3) is 0 Å². The lowest BCUT2D eigenvalue weighted by Crippen LogP contribution is -2.49. The van der Waals surface area contributed by atoms with E-state index in [1.54, 1.807) is 28.8 Å². The maximum absolute atomic E-state index is 13.5. The molecule has 0 spiro atoms. The molecule has 3 heterocycles. The quantitative estimate of drug-likeness (QED) is 0.737. The Morgan fingerprint density at radius 3 is 2.25 bits per heavy atom. The van der Waals surface area contributed by atoms with Crippen molar-refractivity contribution in [2.24, 2.45) is 0 Å². The molecule has 150 valence electrons. The monoisotopic (exact) mass is 404 g/mol. The SMILES string of the molecule is COc1ccc(OC)c(S(=O)(=O)N2[C@H]3CC[C@H]2CC(Oc2ccncc2)C3)c1. The Hall–Kier alpha value is -2.32. The molecule has 2 atom stereocenters. The van der Waals surface area contributed by atoms with Crippen LogP contribution in [0.1, 0.15) is 25.7 Å². The molecule has 2 fully saturated rings. The van der Waals surface area contributed by atoms with Gasteiger partial charge in [-0.05, 0) is 37.1 Å². The molecule has 2 saturated heterocycles. The summed E-state index contributed by atoms with van der Waals surface area (Å²) in [6.45, 7) is 0. The maximum Gasteiger partial charge on any atom is 0.247 e. The van der Waals surface area contributed by atoms with Crippen molar-refractivity contribution in [1.29, 1.82) is 0 Å². The molecule has 0 N–H and O–H groups in total. The first-order valence-corrected chi connectivity index (χ1v) is 10.8. The lowest BCUT2D eigenvalue weighted by Gasteiger charge is -2.38. The zero-order valence-corrected chi connectivity index (χ0v) is 16.8. The number of ether oxygens (including phenoxy) is 3. The van der Waals surface area contributed by atoms with Crippen LogP contribution in [0.4, 0.5) is 0 Å². The van der Waals surface area contributed by atoms with E-state index in [2.05, 4.69) is 4.98 Å². The van der Waals surface area contributed by atoms with Crippen LogP contribution in [0, 0.1) is 0 Å². The van der Waals surface area contributed by atoms with Gasteiger partial charge in [-0.1, -0.05) is 0 Å². The highest BCUT2D eigenvalue weighted by atomic mass is 32.2. The molecule has 0 aliphatic carbocycles. The second kappa shape index (κ2) is 7.60. The maximum atomic E-state index is 13.5. The number of sulfonamides is 1. The highest BCUT2D eigenvalue weighted by Gasteiger charge is 2.48. The minimum absolute atomic E-state index is 0.00134. The molecule has 2 bridgehead atoms. The first-order valence-electron chi connectivity index (χ1n) is 9.35. The first-order chi connectivity index (χ1) is 13.5. The summed E-state index contributed by atoms with van der Waals surface area (Å²) >= 11 is 0. The fourth-order valence-corrected chi connectivity index (χ4v) is 6.35. The van der Waals surface area contributed by atoms with E-state index in [4.69, 9.17) is 14.2 Å². The van der Waals surface area contributed by atoms with Crippen LogP contribution in [0.3, 0.4) is 0 Å². The molecule has 0 saturated carbocycles. The van der Waals surface area contributed by atoms with E-state index < -0.39 is 10.0 Å². The Bertz CT molecular complexity index is 921. The van der Waals surface area contributed by atoms with Crippen molar-refractivity contribution in [3.05, 3.63) is 42.7 Å². The number of nitrogens with zero attached hydrogens (tertiary/aromatic N) is 2. The summed E-state index contributed by atoms with van der Waals surface area (Å²) in [5, 5.41) is 0. The number of aromatic nitrogens is 1. The summed E-state index contributed by atoms with van der Waals surface area (Å²) in [5.74, 6) is 1.59. The third-order valence-corrected chi connectivity index (χ3v) is 7.53. The van der Waals surface area contributed by atoms with Crippen molar-refractivity contribution in [1.82, 2.24) is 9.29 Å². The van der Waals surface area contributed by atoms with Crippen molar-refractivity contribution in [2.75, 3.05) is 14.2 Å². The van der Waals surface area contributed by atoms with Gasteiger partial charge in [0.2, 0.25) is 10.0 Å². The van der Waals surface area contributed by atoms with Gasteiger partial charge in [-0.15, -0.1) is 0 Å². The Labute approximate surface area is 165 Å². The van der Waals surface area contributed by atoms with Gasteiger partial charge in [0.05, 0.1) is 14.2 Å². The summed E-state index contributed by atoms with van der Waals surface area (Å²) in [4.78, 5) is 4.15. The highest BCUT2D eigenvalue weighted by Crippen LogP contribution is 2.43. The van der Waals surface area contributed by atoms with Crippen LogP contribution in [-0.2, 0) is 10.0 Å². The zero-order chi connectivity index (χ0) is 19.7. The average Bonchev–Trinajstić information content (AvgIpc) is 3.00. The van der Waals surface area contributed by atoms with E-state index in [1.165, 1.54) is 20.3 Å². The van der Waals surface area contributed by atoms with Gasteiger partial charge >= 0.3 is 0 Å². The molecule has 7 nitrogen and oxygen atoms in total. The molecule has 1 aromatic heterocycles. The number of methoxy groups -OCH3 is 2. The third kappa shape index (κ3) is 3.42. The van der Waals surface area contributed by atoms with Gasteiger partial charge in [-0.25, -0.2) is 8.42 Å². The van der Waals surface area contributed by atoms with Crippen LogP contribution < -0.4 is 14.2 Å². The van der Waals surface area contributed by atoms with Crippen LogP contribution in [0.2, 0.25) is 0 Å². The second-order valence-corrected chi connectivity index (χ2v) is 8.94. The molecular formula is C20H24N2O5S. The van der Waals surface area contributed by atoms with Crippen LogP contribution in [-0.4, -0.2) is 50.1 Å². The lowest BCUT2D eigenvalue weighted by molar-refractivity contribution is 0.0955. The van der Waals surface area contributed by atoms with Crippen molar-refractivity contribution in [3.8, 4) is 17.2 Å². The average molecular weight is 404 g/mol. The normalized spacial score (nSPS) is 24.7. The third-order valence-electron chi connectivity index (χ3n) is 5.50. The van der Waals surface area contributed by atoms with Crippen molar-refractivity contribution in [2.45, 2.75) is 48.8 Å². The summed E-state index contributed by atoms with van der Waals surface area (Å²) in [6.07, 6.45) is 6.41. The van der Waals surface area contributed by atoms with Crippen molar-refractivity contribution < 1.29 is 22.6 Å². The zero-order valence-electron chi connectivity index (χ0n) is 15.9. The minimum atomic E-state index is -3.71. The summed E-state index contributed by atoms with van der Waals surface area (Å²) in [5.41, 5.74) is 0. The molecule has 28 heavy (non-hydrogen) atoms. The second-order valence-electron chi connectivity index (χ2n) is 7.13. The molecule has 1 aromatic carbocycles. The first kappa shape index (κ1) is 19.0. The number of piperidine rings is 1. The van der Waals surface area contributed by atoms with Gasteiger partial charge in [-0.2, -0.15) is 4.31 Å². The Balaban J connectivity index is 1.59. The molecule has 0 radical (unpaired) electrons. The van der Waals surface area contributed by atoms with E-state index >= 15 is 0 Å². The van der Waals surface area contributed by atoms with Crippen LogP contribution in [0.25, 0.3) is 0 Å². The fourth-order valence-electron chi connectivity index (χ4n) is 4.28. The predicted molar refractivity (Wildman–Crippen MR) is 103 cm³/mol. The van der Waals surface area contributed by atoms with Gasteiger partial charge in [0, 0.05) is 43.4 Å². The predicted octanol–water partition coefficient (Wildman–Crippen LogP) is 2.86. The Morgan fingerprint density at radius 1 is 0.964 bits per heavy atom. The minimum Gasteiger partial charge on any atom is -0.497 e. The summed E-state index contributed by atoms with van der Waals surface area (Å²) in [6, 6.07) is 8.36. The van der Waals surface area contributed by atoms with Crippen molar-refractivity contribution in [3.63, 3.8) is 0 Å². The Morgan fingerprint density at radius 2 is 1.64 bits per heavy atom. The van der Waals surface area contributed by atoms with E-state index in [0.29, 0.717) is 24.3 Å².